The van der Waals surface area contributed by atoms with E-state index in [2.05, 4.69) is 36.4 Å². The van der Waals surface area contributed by atoms with E-state index in [0.717, 1.165) is 32.5 Å². The number of nitrogens with zero attached hydrogens (tertiary/aromatic N) is 1. The number of piperidine rings is 1. The molecular formula is C15H31N3O. The zero-order chi connectivity index (χ0) is 14.1. The molecule has 0 aromatic rings. The molecule has 1 saturated heterocycles. The number of amides is 1. The number of rotatable bonds is 8. The molecule has 0 spiro atoms. The molecule has 1 fully saturated rings. The molecule has 0 bridgehead atoms. The van der Waals surface area contributed by atoms with Crippen LogP contribution in [0.15, 0.2) is 0 Å². The molecule has 1 atom stereocenters. The minimum absolute atomic E-state index is 0.208. The molecule has 1 heterocycles. The lowest BCUT2D eigenvalue weighted by Crippen LogP contribution is -2.36. The summed E-state index contributed by atoms with van der Waals surface area (Å²) in [6.07, 6.45) is 6.50. The second-order valence-corrected chi connectivity index (χ2v) is 5.96. The summed E-state index contributed by atoms with van der Waals surface area (Å²) >= 11 is 0. The number of hydrogen-bond acceptors (Lipinski definition) is 3. The molecule has 4 heteroatoms. The number of carbonyl (C=O) groups excluding carboxylic acids is 1. The van der Waals surface area contributed by atoms with Crippen LogP contribution in [0, 0.1) is 0 Å². The van der Waals surface area contributed by atoms with E-state index in [0.29, 0.717) is 18.5 Å². The van der Waals surface area contributed by atoms with Gasteiger partial charge in [0, 0.05) is 25.0 Å². The van der Waals surface area contributed by atoms with Crippen molar-refractivity contribution in [3.8, 4) is 0 Å². The zero-order valence-electron chi connectivity index (χ0n) is 12.9. The van der Waals surface area contributed by atoms with Gasteiger partial charge in [-0.2, -0.15) is 0 Å². The average Bonchev–Trinajstić information content (AvgIpc) is 2.42. The summed E-state index contributed by atoms with van der Waals surface area (Å²) in [6.45, 7) is 7.34. The van der Waals surface area contributed by atoms with Gasteiger partial charge in [-0.15, -0.1) is 0 Å². The Kier molecular flexibility index (Phi) is 8.07. The van der Waals surface area contributed by atoms with Crippen molar-refractivity contribution in [1.82, 2.24) is 15.5 Å². The summed E-state index contributed by atoms with van der Waals surface area (Å²) in [5.41, 5.74) is 0. The largest absolute Gasteiger partial charge is 0.356 e. The SMILES string of the molecule is CC(C)N(C)CCCNC(=O)CCC1CCCCN1. The van der Waals surface area contributed by atoms with Gasteiger partial charge in [-0.25, -0.2) is 0 Å². The molecule has 1 aliphatic heterocycles. The van der Waals surface area contributed by atoms with Gasteiger partial charge in [0.1, 0.15) is 0 Å². The predicted molar refractivity (Wildman–Crippen MR) is 80.3 cm³/mol. The fourth-order valence-corrected chi connectivity index (χ4v) is 2.38. The lowest BCUT2D eigenvalue weighted by atomic mass is 10.0. The molecule has 112 valence electrons. The lowest BCUT2D eigenvalue weighted by molar-refractivity contribution is -0.121. The minimum Gasteiger partial charge on any atom is -0.356 e. The minimum atomic E-state index is 0.208. The third kappa shape index (κ3) is 7.53. The van der Waals surface area contributed by atoms with Crippen LogP contribution in [0.4, 0.5) is 0 Å². The Balaban J connectivity index is 1.98. The molecule has 1 unspecified atom stereocenters. The van der Waals surface area contributed by atoms with Crippen LogP contribution in [0.5, 0.6) is 0 Å². The van der Waals surface area contributed by atoms with Crippen LogP contribution in [0.25, 0.3) is 0 Å². The highest BCUT2D eigenvalue weighted by molar-refractivity contribution is 5.75. The van der Waals surface area contributed by atoms with E-state index in [1.165, 1.54) is 19.3 Å². The Morgan fingerprint density at radius 2 is 2.21 bits per heavy atom. The molecule has 1 aliphatic rings. The summed E-state index contributed by atoms with van der Waals surface area (Å²) < 4.78 is 0. The predicted octanol–water partition coefficient (Wildman–Crippen LogP) is 1.76. The van der Waals surface area contributed by atoms with E-state index in [4.69, 9.17) is 0 Å². The van der Waals surface area contributed by atoms with Gasteiger partial charge in [0.25, 0.3) is 0 Å². The van der Waals surface area contributed by atoms with E-state index in [-0.39, 0.29) is 5.91 Å². The van der Waals surface area contributed by atoms with Crippen LogP contribution in [0.3, 0.4) is 0 Å². The third-order valence-electron chi connectivity index (χ3n) is 4.02. The van der Waals surface area contributed by atoms with Gasteiger partial charge in [-0.3, -0.25) is 4.79 Å². The van der Waals surface area contributed by atoms with Gasteiger partial charge in [-0.1, -0.05) is 6.42 Å². The van der Waals surface area contributed by atoms with Crippen molar-refractivity contribution in [3.05, 3.63) is 0 Å². The molecule has 0 aromatic heterocycles. The number of carbonyl (C=O) groups is 1. The van der Waals surface area contributed by atoms with Gasteiger partial charge in [0.2, 0.25) is 5.91 Å². The quantitative estimate of drug-likeness (QED) is 0.660. The fourth-order valence-electron chi connectivity index (χ4n) is 2.38. The topological polar surface area (TPSA) is 44.4 Å². The summed E-state index contributed by atoms with van der Waals surface area (Å²) in [6, 6.07) is 1.14. The first-order valence-electron chi connectivity index (χ1n) is 7.80. The van der Waals surface area contributed by atoms with Gasteiger partial charge < -0.3 is 15.5 Å². The van der Waals surface area contributed by atoms with Crippen LogP contribution in [-0.2, 0) is 4.79 Å². The van der Waals surface area contributed by atoms with Crippen LogP contribution >= 0.6 is 0 Å². The maximum Gasteiger partial charge on any atom is 0.220 e. The van der Waals surface area contributed by atoms with E-state index in [9.17, 15) is 4.79 Å². The van der Waals surface area contributed by atoms with E-state index >= 15 is 0 Å². The van der Waals surface area contributed by atoms with Crippen molar-refractivity contribution in [1.29, 1.82) is 0 Å². The Morgan fingerprint density at radius 1 is 1.42 bits per heavy atom. The molecule has 0 saturated carbocycles. The lowest BCUT2D eigenvalue weighted by Gasteiger charge is -2.23. The molecular weight excluding hydrogens is 238 g/mol. The van der Waals surface area contributed by atoms with Crippen LogP contribution in [0.1, 0.15) is 52.4 Å². The van der Waals surface area contributed by atoms with E-state index in [1.54, 1.807) is 0 Å². The first kappa shape index (κ1) is 16.4. The summed E-state index contributed by atoms with van der Waals surface area (Å²) in [5, 5.41) is 6.51. The second-order valence-electron chi connectivity index (χ2n) is 5.96. The van der Waals surface area contributed by atoms with E-state index in [1.807, 2.05) is 0 Å². The molecule has 0 aromatic carbocycles. The maximum absolute atomic E-state index is 11.7. The average molecular weight is 269 g/mol. The summed E-state index contributed by atoms with van der Waals surface area (Å²) in [7, 11) is 2.13. The highest BCUT2D eigenvalue weighted by atomic mass is 16.1. The van der Waals surface area contributed by atoms with Crippen LogP contribution < -0.4 is 10.6 Å². The normalized spacial score (nSPS) is 19.9. The van der Waals surface area contributed by atoms with Crippen molar-refractivity contribution >= 4 is 5.91 Å². The van der Waals surface area contributed by atoms with Crippen LogP contribution in [-0.4, -0.2) is 49.6 Å². The highest BCUT2D eigenvalue weighted by Gasteiger charge is 2.13. The first-order valence-corrected chi connectivity index (χ1v) is 7.80. The first-order chi connectivity index (χ1) is 9.09. The van der Waals surface area contributed by atoms with Crippen molar-refractivity contribution in [2.45, 2.75) is 64.5 Å². The Morgan fingerprint density at radius 3 is 2.84 bits per heavy atom. The van der Waals surface area contributed by atoms with Crippen molar-refractivity contribution in [3.63, 3.8) is 0 Å². The van der Waals surface area contributed by atoms with Crippen LogP contribution in [0.2, 0.25) is 0 Å². The molecule has 19 heavy (non-hydrogen) atoms. The van der Waals surface area contributed by atoms with E-state index < -0.39 is 0 Å². The van der Waals surface area contributed by atoms with Gasteiger partial charge in [0.05, 0.1) is 0 Å². The van der Waals surface area contributed by atoms with Gasteiger partial charge >= 0.3 is 0 Å². The molecule has 0 radical (unpaired) electrons. The number of nitrogens with one attached hydrogen (secondary N) is 2. The summed E-state index contributed by atoms with van der Waals surface area (Å²) in [5.74, 6) is 0.208. The molecule has 1 amide bonds. The second kappa shape index (κ2) is 9.32. The van der Waals surface area contributed by atoms with Crippen molar-refractivity contribution < 1.29 is 4.79 Å². The standard InChI is InChI=1S/C15H31N3O/c1-13(2)18(3)12-6-11-17-15(19)9-8-14-7-4-5-10-16-14/h13-14,16H,4-12H2,1-3H3,(H,17,19). The van der Waals surface area contributed by atoms with Crippen molar-refractivity contribution in [2.24, 2.45) is 0 Å². The van der Waals surface area contributed by atoms with Gasteiger partial charge in [-0.05, 0) is 59.7 Å². The third-order valence-corrected chi connectivity index (χ3v) is 4.02. The maximum atomic E-state index is 11.7. The Bertz CT molecular complexity index is 250. The molecule has 4 nitrogen and oxygen atoms in total. The van der Waals surface area contributed by atoms with Gasteiger partial charge in [0.15, 0.2) is 0 Å². The monoisotopic (exact) mass is 269 g/mol. The smallest absolute Gasteiger partial charge is 0.220 e. The molecule has 0 aliphatic carbocycles. The number of hydrogen-bond donors (Lipinski definition) is 2. The highest BCUT2D eigenvalue weighted by Crippen LogP contribution is 2.11. The van der Waals surface area contributed by atoms with Crippen molar-refractivity contribution in [2.75, 3.05) is 26.7 Å². The molecule has 2 N–H and O–H groups in total. The Hall–Kier alpha value is -0.610. The Labute approximate surface area is 118 Å². The fraction of sp³-hybridized carbons (Fsp3) is 0.933. The zero-order valence-corrected chi connectivity index (χ0v) is 12.9. The molecule has 1 rings (SSSR count). The summed E-state index contributed by atoms with van der Waals surface area (Å²) in [4.78, 5) is 14.0.